The zero-order chi connectivity index (χ0) is 13.3. The van der Waals surface area contributed by atoms with E-state index in [9.17, 15) is 0 Å². The quantitative estimate of drug-likeness (QED) is 0.748. The van der Waals surface area contributed by atoms with E-state index in [-0.39, 0.29) is 11.5 Å². The normalized spacial score (nSPS) is 22.6. The molecule has 2 heteroatoms. The molecule has 1 aliphatic heterocycles. The molecule has 1 aliphatic rings. The number of piperidine rings is 1. The van der Waals surface area contributed by atoms with Gasteiger partial charge in [-0.25, -0.2) is 0 Å². The number of nitriles is 1. The number of benzene rings is 1. The van der Waals surface area contributed by atoms with Crippen LogP contribution < -0.4 is 4.90 Å². The number of rotatable bonds is 1. The fourth-order valence-electron chi connectivity index (χ4n) is 2.99. The van der Waals surface area contributed by atoms with Gasteiger partial charge in [-0.1, -0.05) is 12.1 Å². The third-order valence-corrected chi connectivity index (χ3v) is 4.23. The van der Waals surface area contributed by atoms with Crippen molar-refractivity contribution in [1.29, 1.82) is 5.26 Å². The van der Waals surface area contributed by atoms with Crippen molar-refractivity contribution >= 4 is 5.69 Å². The number of aryl methyl sites for hydroxylation is 1. The average molecular weight is 242 g/mol. The van der Waals surface area contributed by atoms with Gasteiger partial charge in [-0.2, -0.15) is 5.26 Å². The molecule has 2 nitrogen and oxygen atoms in total. The lowest BCUT2D eigenvalue weighted by atomic mass is 9.82. The Kier molecular flexibility index (Phi) is 3.34. The molecule has 2 rings (SSSR count). The minimum atomic E-state index is 0.0667. The number of anilines is 1. The second-order valence-electron chi connectivity index (χ2n) is 6.00. The Bertz CT molecular complexity index is 482. The van der Waals surface area contributed by atoms with Crippen LogP contribution in [0.3, 0.4) is 0 Å². The summed E-state index contributed by atoms with van der Waals surface area (Å²) in [6, 6.07) is 8.93. The Morgan fingerprint density at radius 3 is 2.67 bits per heavy atom. The minimum absolute atomic E-state index is 0.0667. The van der Waals surface area contributed by atoms with Crippen LogP contribution >= 0.6 is 0 Å². The highest BCUT2D eigenvalue weighted by Crippen LogP contribution is 2.37. The van der Waals surface area contributed by atoms with Gasteiger partial charge in [-0.15, -0.1) is 0 Å². The molecule has 0 aliphatic carbocycles. The minimum Gasteiger partial charge on any atom is -0.366 e. The zero-order valence-electron chi connectivity index (χ0n) is 11.8. The molecule has 0 radical (unpaired) electrons. The molecule has 1 saturated heterocycles. The molecule has 0 amide bonds. The first-order chi connectivity index (χ1) is 8.45. The molecule has 1 aromatic carbocycles. The Morgan fingerprint density at radius 2 is 2.06 bits per heavy atom. The van der Waals surface area contributed by atoms with Crippen molar-refractivity contribution in [2.75, 3.05) is 11.4 Å². The van der Waals surface area contributed by atoms with Gasteiger partial charge in [-0.3, -0.25) is 0 Å². The number of nitrogens with zero attached hydrogens (tertiary/aromatic N) is 2. The summed E-state index contributed by atoms with van der Waals surface area (Å²) >= 11 is 0. The monoisotopic (exact) mass is 242 g/mol. The van der Waals surface area contributed by atoms with Crippen molar-refractivity contribution in [3.63, 3.8) is 0 Å². The maximum absolute atomic E-state index is 9.11. The molecule has 1 fully saturated rings. The van der Waals surface area contributed by atoms with Gasteiger partial charge in [0.2, 0.25) is 0 Å². The molecular formula is C16H22N2. The number of hydrogen-bond donors (Lipinski definition) is 0. The van der Waals surface area contributed by atoms with E-state index >= 15 is 0 Å². The van der Waals surface area contributed by atoms with Crippen molar-refractivity contribution in [3.05, 3.63) is 29.3 Å². The Hall–Kier alpha value is -1.49. The van der Waals surface area contributed by atoms with Gasteiger partial charge < -0.3 is 4.90 Å². The van der Waals surface area contributed by atoms with E-state index in [4.69, 9.17) is 5.26 Å². The molecular weight excluding hydrogens is 220 g/mol. The van der Waals surface area contributed by atoms with Crippen LogP contribution in [-0.2, 0) is 0 Å². The third-order valence-electron chi connectivity index (χ3n) is 4.23. The van der Waals surface area contributed by atoms with Gasteiger partial charge in [0.15, 0.2) is 0 Å². The first-order valence-corrected chi connectivity index (χ1v) is 6.69. The van der Waals surface area contributed by atoms with Crippen LogP contribution in [0.5, 0.6) is 0 Å². The van der Waals surface area contributed by atoms with Crippen LogP contribution in [-0.4, -0.2) is 12.1 Å². The van der Waals surface area contributed by atoms with Crippen LogP contribution in [0.1, 0.15) is 37.8 Å². The van der Waals surface area contributed by atoms with Crippen molar-refractivity contribution < 1.29 is 0 Å². The molecule has 0 spiro atoms. The standard InChI is InChI=1S/C16H22N2/c1-12-6-5-7-15(13(12)2)18-9-8-14(11-17)10-16(18,3)4/h5-7,14H,8-10H2,1-4H3. The Balaban J connectivity index is 2.34. The van der Waals surface area contributed by atoms with E-state index in [0.717, 1.165) is 19.4 Å². The highest BCUT2D eigenvalue weighted by atomic mass is 15.2. The fourth-order valence-corrected chi connectivity index (χ4v) is 2.99. The van der Waals surface area contributed by atoms with E-state index in [1.807, 2.05) is 0 Å². The van der Waals surface area contributed by atoms with Crippen molar-refractivity contribution in [2.24, 2.45) is 5.92 Å². The summed E-state index contributed by atoms with van der Waals surface area (Å²) in [5.41, 5.74) is 4.10. The summed E-state index contributed by atoms with van der Waals surface area (Å²) in [4.78, 5) is 2.48. The molecule has 1 unspecified atom stereocenters. The maximum atomic E-state index is 9.11. The molecule has 18 heavy (non-hydrogen) atoms. The fraction of sp³-hybridized carbons (Fsp3) is 0.562. The van der Waals surface area contributed by atoms with Crippen molar-refractivity contribution in [1.82, 2.24) is 0 Å². The van der Waals surface area contributed by atoms with E-state index < -0.39 is 0 Å². The molecule has 1 heterocycles. The van der Waals surface area contributed by atoms with Crippen LogP contribution in [0.4, 0.5) is 5.69 Å². The highest BCUT2D eigenvalue weighted by Gasteiger charge is 2.35. The molecule has 0 bridgehead atoms. The SMILES string of the molecule is Cc1cccc(N2CCC(C#N)CC2(C)C)c1C. The molecule has 0 saturated carbocycles. The predicted octanol–water partition coefficient (Wildman–Crippen LogP) is 3.82. The summed E-state index contributed by atoms with van der Waals surface area (Å²) in [7, 11) is 0. The van der Waals surface area contributed by atoms with Gasteiger partial charge in [0.25, 0.3) is 0 Å². The van der Waals surface area contributed by atoms with Crippen molar-refractivity contribution in [3.8, 4) is 6.07 Å². The largest absolute Gasteiger partial charge is 0.366 e. The first-order valence-electron chi connectivity index (χ1n) is 6.69. The van der Waals surface area contributed by atoms with Gasteiger partial charge in [0.1, 0.15) is 0 Å². The molecule has 1 atom stereocenters. The van der Waals surface area contributed by atoms with Crippen molar-refractivity contribution in [2.45, 2.75) is 46.1 Å². The topological polar surface area (TPSA) is 27.0 Å². The van der Waals surface area contributed by atoms with E-state index in [2.05, 4.69) is 56.9 Å². The average Bonchev–Trinajstić information content (AvgIpc) is 2.32. The lowest BCUT2D eigenvalue weighted by Crippen LogP contribution is -2.50. The van der Waals surface area contributed by atoms with Crippen LogP contribution in [0, 0.1) is 31.1 Å². The smallest absolute Gasteiger partial charge is 0.0657 e. The lowest BCUT2D eigenvalue weighted by molar-refractivity contribution is 0.315. The van der Waals surface area contributed by atoms with Gasteiger partial charge in [0.05, 0.1) is 12.0 Å². The van der Waals surface area contributed by atoms with Gasteiger partial charge in [0, 0.05) is 17.8 Å². The summed E-state index contributed by atoms with van der Waals surface area (Å²) in [5, 5.41) is 9.11. The van der Waals surface area contributed by atoms with Gasteiger partial charge in [-0.05, 0) is 57.7 Å². The molecule has 0 aromatic heterocycles. The van der Waals surface area contributed by atoms with Crippen LogP contribution in [0.15, 0.2) is 18.2 Å². The summed E-state index contributed by atoms with van der Waals surface area (Å²) in [5.74, 6) is 0.210. The molecule has 96 valence electrons. The first kappa shape index (κ1) is 13.0. The summed E-state index contributed by atoms with van der Waals surface area (Å²) < 4.78 is 0. The third kappa shape index (κ3) is 2.22. The van der Waals surface area contributed by atoms with E-state index in [1.165, 1.54) is 16.8 Å². The Labute approximate surface area is 110 Å². The number of hydrogen-bond acceptors (Lipinski definition) is 2. The molecule has 0 N–H and O–H groups in total. The lowest BCUT2D eigenvalue weighted by Gasteiger charge is -2.46. The molecule has 1 aromatic rings. The predicted molar refractivity (Wildman–Crippen MR) is 75.7 cm³/mol. The summed E-state index contributed by atoms with van der Waals surface area (Å²) in [6.07, 6.45) is 1.93. The van der Waals surface area contributed by atoms with E-state index in [0.29, 0.717) is 0 Å². The highest BCUT2D eigenvalue weighted by molar-refractivity contribution is 5.58. The second kappa shape index (κ2) is 4.65. The van der Waals surface area contributed by atoms with Gasteiger partial charge >= 0.3 is 0 Å². The maximum Gasteiger partial charge on any atom is 0.0657 e. The second-order valence-corrected chi connectivity index (χ2v) is 6.00. The Morgan fingerprint density at radius 1 is 1.33 bits per heavy atom. The van der Waals surface area contributed by atoms with E-state index in [1.54, 1.807) is 0 Å². The van der Waals surface area contributed by atoms with Crippen LogP contribution in [0.25, 0.3) is 0 Å². The zero-order valence-corrected chi connectivity index (χ0v) is 11.8. The summed E-state index contributed by atoms with van der Waals surface area (Å²) in [6.45, 7) is 9.83. The van der Waals surface area contributed by atoms with Crippen LogP contribution in [0.2, 0.25) is 0 Å².